The van der Waals surface area contributed by atoms with Gasteiger partial charge in [0.05, 0.1) is 0 Å². The minimum absolute atomic E-state index is 0.330. The van der Waals surface area contributed by atoms with E-state index in [1.54, 1.807) is 0 Å². The number of carbonyl (C=O) groups is 2. The molecule has 0 aromatic heterocycles. The van der Waals surface area contributed by atoms with Gasteiger partial charge < -0.3 is 4.74 Å². The van der Waals surface area contributed by atoms with Crippen molar-refractivity contribution < 1.29 is 14.3 Å². The third-order valence-electron chi connectivity index (χ3n) is 1.94. The van der Waals surface area contributed by atoms with Crippen molar-refractivity contribution in [3.05, 3.63) is 12.8 Å². The summed E-state index contributed by atoms with van der Waals surface area (Å²) in [6.45, 7) is 4.06. The summed E-state index contributed by atoms with van der Waals surface area (Å²) in [7, 11) is 0. The Morgan fingerprint density at radius 3 is 2.77 bits per heavy atom. The summed E-state index contributed by atoms with van der Waals surface area (Å²) >= 11 is 0. The zero-order valence-electron chi connectivity index (χ0n) is 7.49. The summed E-state index contributed by atoms with van der Waals surface area (Å²) in [5, 5.41) is 0. The number of cyclic esters (lactones) is 2. The monoisotopic (exact) mass is 183 g/mol. The van der Waals surface area contributed by atoms with Crippen molar-refractivity contribution in [2.24, 2.45) is 0 Å². The minimum atomic E-state index is -0.609. The number of ether oxygens (including phenoxy) is 1. The van der Waals surface area contributed by atoms with Crippen LogP contribution in [0.4, 0.5) is 4.79 Å². The smallest absolute Gasteiger partial charge is 0.376 e. The summed E-state index contributed by atoms with van der Waals surface area (Å²) < 4.78 is 4.55. The van der Waals surface area contributed by atoms with E-state index in [0.29, 0.717) is 13.0 Å². The fourth-order valence-electron chi connectivity index (χ4n) is 1.19. The largest absolute Gasteiger partial charge is 0.421 e. The zero-order chi connectivity index (χ0) is 9.68. The second-order valence-corrected chi connectivity index (χ2v) is 2.93. The fourth-order valence-corrected chi connectivity index (χ4v) is 1.19. The van der Waals surface area contributed by atoms with Crippen LogP contribution in [0, 0.1) is 0 Å². The van der Waals surface area contributed by atoms with Crippen molar-refractivity contribution in [3.63, 3.8) is 0 Å². The van der Waals surface area contributed by atoms with E-state index in [0.717, 1.165) is 19.3 Å². The molecule has 0 unspecified atom stereocenters. The van der Waals surface area contributed by atoms with E-state index in [2.05, 4.69) is 11.3 Å². The molecule has 1 saturated heterocycles. The second kappa shape index (κ2) is 4.64. The van der Waals surface area contributed by atoms with E-state index in [9.17, 15) is 9.59 Å². The highest BCUT2D eigenvalue weighted by Gasteiger charge is 2.17. The van der Waals surface area contributed by atoms with Crippen LogP contribution in [-0.4, -0.2) is 23.5 Å². The molecule has 1 aliphatic rings. The van der Waals surface area contributed by atoms with E-state index < -0.39 is 12.1 Å². The highest BCUT2D eigenvalue weighted by atomic mass is 16.6. The molecule has 0 aromatic rings. The van der Waals surface area contributed by atoms with Gasteiger partial charge in [-0.1, -0.05) is 13.0 Å². The van der Waals surface area contributed by atoms with Crippen molar-refractivity contribution in [1.82, 2.24) is 4.90 Å². The van der Waals surface area contributed by atoms with Crippen LogP contribution in [0.1, 0.15) is 25.7 Å². The molecule has 1 heterocycles. The Morgan fingerprint density at radius 2 is 2.08 bits per heavy atom. The van der Waals surface area contributed by atoms with E-state index >= 15 is 0 Å². The Balaban J connectivity index is 2.60. The van der Waals surface area contributed by atoms with Crippen molar-refractivity contribution in [1.29, 1.82) is 0 Å². The molecule has 0 N–H and O–H groups in total. The van der Waals surface area contributed by atoms with Crippen LogP contribution in [0.5, 0.6) is 0 Å². The Bertz CT molecular complexity index is 225. The maximum Gasteiger partial charge on any atom is 0.421 e. The summed E-state index contributed by atoms with van der Waals surface area (Å²) in [6.07, 6.45) is 3.72. The number of carbonyl (C=O) groups excluding carboxylic acids is 2. The number of rotatable bonds is 1. The van der Waals surface area contributed by atoms with Gasteiger partial charge in [-0.05, 0) is 12.8 Å². The van der Waals surface area contributed by atoms with Gasteiger partial charge in [0.25, 0.3) is 0 Å². The number of hydrogen-bond acceptors (Lipinski definition) is 3. The SMILES string of the molecule is C=CN1CCCCCC(=O)OC1=O. The average molecular weight is 183 g/mol. The molecule has 1 rings (SSSR count). The fraction of sp³-hybridized carbons (Fsp3) is 0.556. The molecule has 0 radical (unpaired) electrons. The Hall–Kier alpha value is -1.32. The molecule has 0 aromatic carbocycles. The van der Waals surface area contributed by atoms with Crippen LogP contribution in [0.2, 0.25) is 0 Å². The number of hydrogen-bond donors (Lipinski definition) is 0. The van der Waals surface area contributed by atoms with Gasteiger partial charge in [-0.3, -0.25) is 9.69 Å². The average Bonchev–Trinajstić information content (AvgIpc) is 2.16. The summed E-state index contributed by atoms with van der Waals surface area (Å²) in [4.78, 5) is 23.5. The topological polar surface area (TPSA) is 46.6 Å². The Kier molecular flexibility index (Phi) is 3.49. The van der Waals surface area contributed by atoms with Gasteiger partial charge in [0.1, 0.15) is 0 Å². The Labute approximate surface area is 77.2 Å². The van der Waals surface area contributed by atoms with E-state index in [4.69, 9.17) is 0 Å². The van der Waals surface area contributed by atoms with Crippen LogP contribution in [0.15, 0.2) is 12.8 Å². The lowest BCUT2D eigenvalue weighted by Crippen LogP contribution is -2.28. The molecular weight excluding hydrogens is 170 g/mol. The first-order valence-corrected chi connectivity index (χ1v) is 4.38. The molecular formula is C9H13NO3. The van der Waals surface area contributed by atoms with Crippen LogP contribution in [-0.2, 0) is 9.53 Å². The summed E-state index contributed by atoms with van der Waals surface area (Å²) in [5.74, 6) is -0.446. The number of esters is 1. The van der Waals surface area contributed by atoms with Gasteiger partial charge in [0.15, 0.2) is 0 Å². The standard InChI is InChI=1S/C9H13NO3/c1-2-10-7-5-3-4-6-8(11)13-9(10)12/h2H,1,3-7H2. The molecule has 0 aliphatic carbocycles. The van der Waals surface area contributed by atoms with Gasteiger partial charge in [0, 0.05) is 19.2 Å². The molecule has 0 spiro atoms. The minimum Gasteiger partial charge on any atom is -0.376 e. The van der Waals surface area contributed by atoms with Gasteiger partial charge in [-0.15, -0.1) is 0 Å². The zero-order valence-corrected chi connectivity index (χ0v) is 7.49. The third-order valence-corrected chi connectivity index (χ3v) is 1.94. The highest BCUT2D eigenvalue weighted by molar-refractivity contribution is 5.85. The molecule has 13 heavy (non-hydrogen) atoms. The first kappa shape index (κ1) is 9.77. The first-order valence-electron chi connectivity index (χ1n) is 4.38. The van der Waals surface area contributed by atoms with E-state index in [1.807, 2.05) is 0 Å². The van der Waals surface area contributed by atoms with Crippen LogP contribution < -0.4 is 0 Å². The molecule has 4 heteroatoms. The molecule has 72 valence electrons. The van der Waals surface area contributed by atoms with Gasteiger partial charge >= 0.3 is 12.1 Å². The summed E-state index contributed by atoms with van der Waals surface area (Å²) in [5.41, 5.74) is 0. The first-order chi connectivity index (χ1) is 6.24. The van der Waals surface area contributed by atoms with E-state index in [-0.39, 0.29) is 0 Å². The quantitative estimate of drug-likeness (QED) is 0.459. The molecule has 4 nitrogen and oxygen atoms in total. The van der Waals surface area contributed by atoms with Crippen LogP contribution >= 0.6 is 0 Å². The molecule has 1 aliphatic heterocycles. The Morgan fingerprint density at radius 1 is 1.31 bits per heavy atom. The molecule has 1 amide bonds. The second-order valence-electron chi connectivity index (χ2n) is 2.93. The molecule has 0 saturated carbocycles. The normalized spacial score (nSPS) is 19.8. The highest BCUT2D eigenvalue weighted by Crippen LogP contribution is 2.08. The summed E-state index contributed by atoms with van der Waals surface area (Å²) in [6, 6.07) is 0. The van der Waals surface area contributed by atoms with Crippen molar-refractivity contribution >= 4 is 12.1 Å². The molecule has 1 fully saturated rings. The molecule has 0 bridgehead atoms. The van der Waals surface area contributed by atoms with Crippen molar-refractivity contribution in [2.45, 2.75) is 25.7 Å². The lowest BCUT2D eigenvalue weighted by molar-refractivity contribution is -0.138. The van der Waals surface area contributed by atoms with Gasteiger partial charge in [0.2, 0.25) is 0 Å². The maximum atomic E-state index is 11.2. The molecule has 0 atom stereocenters. The van der Waals surface area contributed by atoms with E-state index in [1.165, 1.54) is 11.1 Å². The third kappa shape index (κ3) is 2.89. The number of nitrogens with zero attached hydrogens (tertiary/aromatic N) is 1. The van der Waals surface area contributed by atoms with Crippen molar-refractivity contribution in [3.8, 4) is 0 Å². The van der Waals surface area contributed by atoms with Crippen LogP contribution in [0.3, 0.4) is 0 Å². The van der Waals surface area contributed by atoms with Crippen molar-refractivity contribution in [2.75, 3.05) is 6.54 Å². The predicted molar refractivity (Wildman–Crippen MR) is 46.9 cm³/mol. The number of amides is 1. The van der Waals surface area contributed by atoms with Gasteiger partial charge in [-0.2, -0.15) is 0 Å². The van der Waals surface area contributed by atoms with Gasteiger partial charge in [-0.25, -0.2) is 4.79 Å². The lowest BCUT2D eigenvalue weighted by atomic mass is 10.2. The van der Waals surface area contributed by atoms with Crippen LogP contribution in [0.25, 0.3) is 0 Å². The maximum absolute atomic E-state index is 11.2. The predicted octanol–water partition coefficient (Wildman–Crippen LogP) is 1.67. The lowest BCUT2D eigenvalue weighted by Gasteiger charge is -2.14.